The van der Waals surface area contributed by atoms with Gasteiger partial charge in [0.25, 0.3) is 5.91 Å². The number of anilines is 3. The molecular weight excluding hydrogens is 468 g/mol. The monoisotopic (exact) mass is 506 g/mol. The van der Waals surface area contributed by atoms with Crippen LogP contribution in [0.15, 0.2) is 36.0 Å². The summed E-state index contributed by atoms with van der Waals surface area (Å²) in [6.07, 6.45) is 16.8. The fraction of sp³-hybridized carbons (Fsp3) is 0.593. The van der Waals surface area contributed by atoms with Crippen molar-refractivity contribution in [1.29, 1.82) is 0 Å². The van der Waals surface area contributed by atoms with Crippen LogP contribution in [0.4, 0.5) is 17.8 Å². The Hall–Kier alpha value is -3.27. The van der Waals surface area contributed by atoms with Crippen LogP contribution in [0.1, 0.15) is 44.9 Å². The van der Waals surface area contributed by atoms with E-state index < -0.39 is 0 Å². The average molecular weight is 507 g/mol. The molecule has 4 aliphatic rings. The Kier molecular flexibility index (Phi) is 8.13. The van der Waals surface area contributed by atoms with E-state index in [2.05, 4.69) is 20.0 Å². The molecule has 198 valence electrons. The lowest BCUT2D eigenvalue weighted by atomic mass is 9.99. The second-order valence-electron chi connectivity index (χ2n) is 10.4. The average Bonchev–Trinajstić information content (AvgIpc) is 3.24. The summed E-state index contributed by atoms with van der Waals surface area (Å²) in [6.45, 7) is 4.75. The highest BCUT2D eigenvalue weighted by Gasteiger charge is 2.28. The lowest BCUT2D eigenvalue weighted by molar-refractivity contribution is -0.118. The molecule has 37 heavy (non-hydrogen) atoms. The van der Waals surface area contributed by atoms with Crippen molar-refractivity contribution in [2.75, 3.05) is 54.0 Å². The van der Waals surface area contributed by atoms with Crippen molar-refractivity contribution in [1.82, 2.24) is 20.3 Å². The van der Waals surface area contributed by atoms with Crippen LogP contribution < -0.4 is 25.8 Å². The molecule has 0 spiro atoms. The molecule has 10 nitrogen and oxygen atoms in total. The van der Waals surface area contributed by atoms with Gasteiger partial charge in [-0.15, -0.1) is 0 Å². The number of piperidine rings is 3. The minimum atomic E-state index is -0.00910. The molecule has 3 aliphatic heterocycles. The summed E-state index contributed by atoms with van der Waals surface area (Å²) in [5.41, 5.74) is 6.85. The number of rotatable bonds is 6. The largest absolute Gasteiger partial charge is 0.349 e. The van der Waals surface area contributed by atoms with E-state index >= 15 is 0 Å². The maximum absolute atomic E-state index is 12.7. The predicted molar refractivity (Wildman–Crippen MR) is 145 cm³/mol. The number of amides is 1. The predicted octanol–water partition coefficient (Wildman–Crippen LogP) is 1.74. The van der Waals surface area contributed by atoms with Gasteiger partial charge in [-0.25, -0.2) is 0 Å². The lowest BCUT2D eigenvalue weighted by Gasteiger charge is -2.35. The van der Waals surface area contributed by atoms with Gasteiger partial charge in [-0.2, -0.15) is 15.0 Å². The van der Waals surface area contributed by atoms with Gasteiger partial charge in [-0.3, -0.25) is 4.79 Å². The van der Waals surface area contributed by atoms with Crippen molar-refractivity contribution < 1.29 is 9.59 Å². The molecule has 1 aromatic heterocycles. The van der Waals surface area contributed by atoms with Gasteiger partial charge in [-0.05, 0) is 51.0 Å². The maximum Gasteiger partial charge on any atom is 0.251 e. The van der Waals surface area contributed by atoms with E-state index in [0.717, 1.165) is 96.1 Å². The van der Waals surface area contributed by atoms with Gasteiger partial charge in [0.2, 0.25) is 17.8 Å². The highest BCUT2D eigenvalue weighted by Crippen LogP contribution is 2.26. The number of hydrogen-bond acceptors (Lipinski definition) is 9. The summed E-state index contributed by atoms with van der Waals surface area (Å²) >= 11 is 0. The first-order valence-electron chi connectivity index (χ1n) is 13.6. The van der Waals surface area contributed by atoms with Crippen LogP contribution in [-0.4, -0.2) is 78.5 Å². The lowest BCUT2D eigenvalue weighted by Crippen LogP contribution is -2.46. The maximum atomic E-state index is 12.7. The quantitative estimate of drug-likeness (QED) is 0.556. The minimum Gasteiger partial charge on any atom is -0.349 e. The molecule has 0 unspecified atom stereocenters. The van der Waals surface area contributed by atoms with E-state index in [1.54, 1.807) is 0 Å². The Morgan fingerprint density at radius 1 is 0.838 bits per heavy atom. The molecule has 3 saturated heterocycles. The molecule has 3 N–H and O–H groups in total. The fourth-order valence-electron chi connectivity index (χ4n) is 5.34. The molecule has 1 aliphatic carbocycles. The Bertz CT molecular complexity index is 1050. The van der Waals surface area contributed by atoms with E-state index in [-0.39, 0.29) is 23.9 Å². The summed E-state index contributed by atoms with van der Waals surface area (Å²) in [4.78, 5) is 45.2. The molecule has 4 heterocycles. The van der Waals surface area contributed by atoms with Crippen LogP contribution in [0.5, 0.6) is 0 Å². The number of hydrogen-bond donors (Lipinski definition) is 2. The Morgan fingerprint density at radius 2 is 1.38 bits per heavy atom. The number of carbonyl (C=O) groups excluding carboxylic acids is 2. The summed E-state index contributed by atoms with van der Waals surface area (Å²) in [6, 6.07) is 0.357. The van der Waals surface area contributed by atoms with Crippen molar-refractivity contribution in [2.24, 2.45) is 11.7 Å². The van der Waals surface area contributed by atoms with Crippen molar-refractivity contribution >= 4 is 30.0 Å². The number of allylic oxidation sites excluding steroid dienone is 4. The molecule has 5 rings (SSSR count). The second-order valence-corrected chi connectivity index (χ2v) is 10.4. The molecule has 0 radical (unpaired) electrons. The zero-order valence-corrected chi connectivity index (χ0v) is 21.5. The van der Waals surface area contributed by atoms with Gasteiger partial charge >= 0.3 is 0 Å². The Morgan fingerprint density at radius 3 is 1.95 bits per heavy atom. The van der Waals surface area contributed by atoms with Gasteiger partial charge in [-0.1, -0.05) is 24.3 Å². The third kappa shape index (κ3) is 6.36. The first-order chi connectivity index (χ1) is 18.1. The number of aromatic nitrogens is 3. The van der Waals surface area contributed by atoms with Crippen LogP contribution >= 0.6 is 0 Å². The third-order valence-electron chi connectivity index (χ3n) is 7.81. The van der Waals surface area contributed by atoms with Crippen molar-refractivity contribution in [3.8, 4) is 0 Å². The first-order valence-corrected chi connectivity index (χ1v) is 13.6. The van der Waals surface area contributed by atoms with Gasteiger partial charge < -0.3 is 30.5 Å². The third-order valence-corrected chi connectivity index (χ3v) is 7.81. The van der Waals surface area contributed by atoms with Crippen LogP contribution in [0.3, 0.4) is 0 Å². The summed E-state index contributed by atoms with van der Waals surface area (Å²) in [5, 5.41) is 3.21. The highest BCUT2D eigenvalue weighted by atomic mass is 16.1. The van der Waals surface area contributed by atoms with Crippen LogP contribution in [0.25, 0.3) is 0 Å². The minimum absolute atomic E-state index is 0.00910. The van der Waals surface area contributed by atoms with Crippen LogP contribution in [-0.2, 0) is 9.59 Å². The van der Waals surface area contributed by atoms with Crippen molar-refractivity contribution in [3.63, 3.8) is 0 Å². The zero-order chi connectivity index (χ0) is 25.6. The fourth-order valence-corrected chi connectivity index (χ4v) is 5.34. The molecule has 3 fully saturated rings. The molecule has 0 aromatic carbocycles. The van der Waals surface area contributed by atoms with Gasteiger partial charge in [0.1, 0.15) is 6.29 Å². The number of carbonyl (C=O) groups is 2. The zero-order valence-electron chi connectivity index (χ0n) is 21.5. The van der Waals surface area contributed by atoms with Gasteiger partial charge in [0, 0.05) is 62.8 Å². The Labute approximate surface area is 218 Å². The number of nitrogens with one attached hydrogen (secondary N) is 1. The number of nitrogens with two attached hydrogens (primary N) is 1. The SMILES string of the molecule is NC1CCN(c2nc(N3CCC(C=O)CC3)nc(N3CCC(NC(=O)C4=CCC=CC=C4)CC3)n2)CC1. The first kappa shape index (κ1) is 25.4. The molecule has 0 atom stereocenters. The van der Waals surface area contributed by atoms with Crippen LogP contribution in [0.2, 0.25) is 0 Å². The number of nitrogens with zero attached hydrogens (tertiary/aromatic N) is 6. The normalized spacial score (nSPS) is 22.1. The highest BCUT2D eigenvalue weighted by molar-refractivity contribution is 5.96. The van der Waals surface area contributed by atoms with Gasteiger partial charge in [0.05, 0.1) is 0 Å². The smallest absolute Gasteiger partial charge is 0.251 e. The van der Waals surface area contributed by atoms with Gasteiger partial charge in [0.15, 0.2) is 0 Å². The van der Waals surface area contributed by atoms with E-state index in [0.29, 0.717) is 17.8 Å². The van der Waals surface area contributed by atoms with E-state index in [1.165, 1.54) is 0 Å². The van der Waals surface area contributed by atoms with E-state index in [1.807, 2.05) is 30.4 Å². The Balaban J connectivity index is 1.27. The second kappa shape index (κ2) is 11.9. The van der Waals surface area contributed by atoms with Crippen molar-refractivity contribution in [2.45, 2.75) is 57.0 Å². The molecule has 1 amide bonds. The summed E-state index contributed by atoms with van der Waals surface area (Å²) in [7, 11) is 0. The topological polar surface area (TPSA) is 121 Å². The summed E-state index contributed by atoms with van der Waals surface area (Å²) < 4.78 is 0. The summed E-state index contributed by atoms with van der Waals surface area (Å²) in [5.74, 6) is 2.20. The molecule has 1 aromatic rings. The van der Waals surface area contributed by atoms with E-state index in [9.17, 15) is 9.59 Å². The number of aldehydes is 1. The molecule has 10 heteroatoms. The molecular formula is C27H38N8O2. The van der Waals surface area contributed by atoms with Crippen molar-refractivity contribution in [3.05, 3.63) is 36.0 Å². The molecule has 0 bridgehead atoms. The van der Waals surface area contributed by atoms with Crippen LogP contribution in [0, 0.1) is 5.92 Å². The van der Waals surface area contributed by atoms with E-state index in [4.69, 9.17) is 20.7 Å². The standard InChI is InChI=1S/C27H38N8O2/c28-22-9-15-34(16-10-22)26-30-25(33-13-7-20(19-36)8-14-33)31-27(32-26)35-17-11-23(12-18-35)29-24(37)21-5-3-1-2-4-6-21/h1-3,5-6,19-20,22-23H,4,7-18,28H2,(H,29,37). The molecule has 0 saturated carbocycles.